The first-order chi connectivity index (χ1) is 10.8. The molecule has 0 N–H and O–H groups in total. The molecule has 0 aliphatic carbocycles. The fourth-order valence-corrected chi connectivity index (χ4v) is 3.59. The zero-order valence-corrected chi connectivity index (χ0v) is 12.4. The molecule has 0 bridgehead atoms. The van der Waals surface area contributed by atoms with Gasteiger partial charge in [0, 0.05) is 24.1 Å². The lowest BCUT2D eigenvalue weighted by Gasteiger charge is -2.08. The van der Waals surface area contributed by atoms with Crippen molar-refractivity contribution in [2.75, 3.05) is 0 Å². The molecule has 0 radical (unpaired) electrons. The minimum atomic E-state index is 1.28. The van der Waals surface area contributed by atoms with Crippen LogP contribution in [-0.4, -0.2) is 4.57 Å². The highest BCUT2D eigenvalue weighted by molar-refractivity contribution is 6.16. The maximum Gasteiger partial charge on any atom is 0.0484 e. The Morgan fingerprint density at radius 3 is 2.14 bits per heavy atom. The first kappa shape index (κ1) is 11.8. The molecule has 4 aromatic carbocycles. The molecule has 0 aliphatic rings. The molecule has 1 heteroatoms. The van der Waals surface area contributed by atoms with Crippen LogP contribution < -0.4 is 0 Å². The van der Waals surface area contributed by atoms with Crippen molar-refractivity contribution in [3.05, 3.63) is 72.9 Å². The van der Waals surface area contributed by atoms with Crippen LogP contribution in [0.4, 0.5) is 0 Å². The van der Waals surface area contributed by atoms with Crippen molar-refractivity contribution in [2.24, 2.45) is 7.05 Å². The van der Waals surface area contributed by atoms with E-state index < -0.39 is 0 Å². The summed E-state index contributed by atoms with van der Waals surface area (Å²) in [5.41, 5.74) is 1.28. The Labute approximate surface area is 128 Å². The molecule has 1 nitrogen and oxygen atoms in total. The van der Waals surface area contributed by atoms with Crippen LogP contribution in [-0.2, 0) is 7.05 Å². The van der Waals surface area contributed by atoms with Gasteiger partial charge in [-0.15, -0.1) is 0 Å². The Kier molecular flexibility index (Phi) is 2.21. The topological polar surface area (TPSA) is 4.93 Å². The van der Waals surface area contributed by atoms with Crippen molar-refractivity contribution in [1.82, 2.24) is 4.57 Å². The highest BCUT2D eigenvalue weighted by atomic mass is 14.9. The van der Waals surface area contributed by atoms with E-state index in [1.807, 2.05) is 0 Å². The third-order valence-electron chi connectivity index (χ3n) is 4.75. The average molecular weight is 281 g/mol. The van der Waals surface area contributed by atoms with Gasteiger partial charge in [0.25, 0.3) is 0 Å². The van der Waals surface area contributed by atoms with E-state index in [2.05, 4.69) is 84.5 Å². The van der Waals surface area contributed by atoms with Crippen LogP contribution in [0.2, 0.25) is 0 Å². The molecule has 0 aliphatic heterocycles. The van der Waals surface area contributed by atoms with Crippen molar-refractivity contribution in [1.29, 1.82) is 0 Å². The number of benzene rings is 4. The van der Waals surface area contributed by atoms with Crippen LogP contribution in [0, 0.1) is 0 Å². The van der Waals surface area contributed by atoms with Gasteiger partial charge < -0.3 is 4.57 Å². The second-order valence-electron chi connectivity index (χ2n) is 6.01. The minimum Gasteiger partial charge on any atom is -0.351 e. The van der Waals surface area contributed by atoms with Crippen LogP contribution >= 0.6 is 0 Å². The Bertz CT molecular complexity index is 1180. The lowest BCUT2D eigenvalue weighted by molar-refractivity contribution is 0.969. The second kappa shape index (κ2) is 4.11. The van der Waals surface area contributed by atoms with Crippen LogP contribution in [0.5, 0.6) is 0 Å². The van der Waals surface area contributed by atoms with E-state index in [1.54, 1.807) is 0 Å². The third-order valence-corrected chi connectivity index (χ3v) is 4.75. The zero-order chi connectivity index (χ0) is 14.7. The van der Waals surface area contributed by atoms with Crippen molar-refractivity contribution < 1.29 is 0 Å². The summed E-state index contributed by atoms with van der Waals surface area (Å²) in [6.45, 7) is 0. The molecule has 1 aromatic heterocycles. The minimum absolute atomic E-state index is 1.28. The average Bonchev–Trinajstić information content (AvgIpc) is 2.95. The van der Waals surface area contributed by atoms with E-state index in [4.69, 9.17) is 0 Å². The van der Waals surface area contributed by atoms with E-state index in [0.717, 1.165) is 0 Å². The second-order valence-corrected chi connectivity index (χ2v) is 6.01. The summed E-state index contributed by atoms with van der Waals surface area (Å²) in [5, 5.41) is 9.24. The molecule has 22 heavy (non-hydrogen) atoms. The number of rotatable bonds is 0. The third kappa shape index (κ3) is 1.48. The predicted octanol–water partition coefficient (Wildman–Crippen LogP) is 5.64. The molecule has 0 saturated carbocycles. The molecule has 0 saturated heterocycles. The molecule has 0 amide bonds. The molecule has 0 unspecified atom stereocenters. The molecule has 5 rings (SSSR count). The molecule has 104 valence electrons. The Balaban J connectivity index is 2.02. The Morgan fingerprint density at radius 2 is 1.27 bits per heavy atom. The van der Waals surface area contributed by atoms with E-state index in [9.17, 15) is 0 Å². The van der Waals surface area contributed by atoms with Crippen LogP contribution in [0.25, 0.3) is 43.2 Å². The van der Waals surface area contributed by atoms with Gasteiger partial charge in [0.1, 0.15) is 0 Å². The number of aryl methyl sites for hydroxylation is 1. The highest BCUT2D eigenvalue weighted by Crippen LogP contribution is 2.33. The highest BCUT2D eigenvalue weighted by Gasteiger charge is 2.07. The SMILES string of the molecule is Cn1ccc2c3cc4ccc5ccccc5c4cc3ccc21. The van der Waals surface area contributed by atoms with Gasteiger partial charge in [-0.25, -0.2) is 0 Å². The summed E-state index contributed by atoms with van der Waals surface area (Å²) in [7, 11) is 2.10. The van der Waals surface area contributed by atoms with Gasteiger partial charge in [-0.1, -0.05) is 42.5 Å². The van der Waals surface area contributed by atoms with Crippen molar-refractivity contribution in [3.8, 4) is 0 Å². The molecular weight excluding hydrogens is 266 g/mol. The molecule has 5 aromatic rings. The first-order valence-corrected chi connectivity index (χ1v) is 7.60. The molecular formula is C21H15N. The summed E-state index contributed by atoms with van der Waals surface area (Å²) in [5.74, 6) is 0. The van der Waals surface area contributed by atoms with E-state index in [0.29, 0.717) is 0 Å². The number of fused-ring (bicyclic) bond motifs is 6. The molecule has 0 spiro atoms. The van der Waals surface area contributed by atoms with Crippen LogP contribution in [0.1, 0.15) is 0 Å². The Hall–Kier alpha value is -2.80. The van der Waals surface area contributed by atoms with Crippen LogP contribution in [0.15, 0.2) is 72.9 Å². The van der Waals surface area contributed by atoms with Gasteiger partial charge in [-0.05, 0) is 56.6 Å². The summed E-state index contributed by atoms with van der Waals surface area (Å²) in [6, 6.07) is 24.4. The van der Waals surface area contributed by atoms with Gasteiger partial charge >= 0.3 is 0 Å². The molecule has 0 atom stereocenters. The smallest absolute Gasteiger partial charge is 0.0484 e. The predicted molar refractivity (Wildman–Crippen MR) is 95.4 cm³/mol. The van der Waals surface area contributed by atoms with Gasteiger partial charge in [0.15, 0.2) is 0 Å². The monoisotopic (exact) mass is 281 g/mol. The van der Waals surface area contributed by atoms with Gasteiger partial charge in [-0.3, -0.25) is 0 Å². The van der Waals surface area contributed by atoms with Gasteiger partial charge in [-0.2, -0.15) is 0 Å². The fraction of sp³-hybridized carbons (Fsp3) is 0.0476. The van der Waals surface area contributed by atoms with Gasteiger partial charge in [0.05, 0.1) is 0 Å². The van der Waals surface area contributed by atoms with E-state index in [1.165, 1.54) is 43.2 Å². The molecule has 1 heterocycles. The zero-order valence-electron chi connectivity index (χ0n) is 12.4. The summed E-state index contributed by atoms with van der Waals surface area (Å²) < 4.78 is 2.18. The number of hydrogen-bond donors (Lipinski definition) is 0. The van der Waals surface area contributed by atoms with Crippen molar-refractivity contribution in [2.45, 2.75) is 0 Å². The van der Waals surface area contributed by atoms with Crippen molar-refractivity contribution >= 4 is 43.2 Å². The van der Waals surface area contributed by atoms with E-state index >= 15 is 0 Å². The normalized spacial score (nSPS) is 11.9. The van der Waals surface area contributed by atoms with E-state index in [-0.39, 0.29) is 0 Å². The lowest BCUT2D eigenvalue weighted by atomic mass is 9.97. The van der Waals surface area contributed by atoms with Gasteiger partial charge in [0.2, 0.25) is 0 Å². The quantitative estimate of drug-likeness (QED) is 0.256. The Morgan fingerprint density at radius 1 is 0.591 bits per heavy atom. The number of hydrogen-bond acceptors (Lipinski definition) is 0. The maximum absolute atomic E-state index is 2.33. The maximum atomic E-state index is 2.33. The number of aromatic nitrogens is 1. The number of nitrogens with zero attached hydrogens (tertiary/aromatic N) is 1. The first-order valence-electron chi connectivity index (χ1n) is 7.60. The lowest BCUT2D eigenvalue weighted by Crippen LogP contribution is -1.84. The van der Waals surface area contributed by atoms with Crippen LogP contribution in [0.3, 0.4) is 0 Å². The summed E-state index contributed by atoms with van der Waals surface area (Å²) in [6.07, 6.45) is 2.13. The standard InChI is InChI=1S/C21H15N/c1-22-11-10-18-20-13-15-7-6-14-4-2-3-5-17(14)19(15)12-16(20)8-9-21(18)22/h2-13H,1H3. The summed E-state index contributed by atoms with van der Waals surface area (Å²) in [4.78, 5) is 0. The largest absolute Gasteiger partial charge is 0.351 e. The van der Waals surface area contributed by atoms with Crippen molar-refractivity contribution in [3.63, 3.8) is 0 Å². The summed E-state index contributed by atoms with van der Waals surface area (Å²) >= 11 is 0. The molecule has 0 fully saturated rings. The fourth-order valence-electron chi connectivity index (χ4n) is 3.59.